The molecular weight excluding hydrogens is 180 g/mol. The van der Waals surface area contributed by atoms with Crippen LogP contribution in [0, 0.1) is 0 Å². The fourth-order valence-corrected chi connectivity index (χ4v) is 1.93. The van der Waals surface area contributed by atoms with Crippen molar-refractivity contribution in [1.29, 1.82) is 0 Å². The average molecular weight is 200 g/mol. The van der Waals surface area contributed by atoms with E-state index in [4.69, 9.17) is 4.74 Å². The predicted molar refractivity (Wildman–Crippen MR) is 55.3 cm³/mol. The van der Waals surface area contributed by atoms with Crippen LogP contribution in [0.4, 0.5) is 4.79 Å². The minimum Gasteiger partial charge on any atom is -0.453 e. The van der Waals surface area contributed by atoms with Gasteiger partial charge in [0.15, 0.2) is 0 Å². The summed E-state index contributed by atoms with van der Waals surface area (Å²) in [5.41, 5.74) is -0.177. The van der Waals surface area contributed by atoms with Crippen molar-refractivity contribution in [1.82, 2.24) is 10.2 Å². The fraction of sp³-hybridized carbons (Fsp3) is 0.900. The highest BCUT2D eigenvalue weighted by molar-refractivity contribution is 5.69. The zero-order valence-corrected chi connectivity index (χ0v) is 9.46. The molecule has 4 heteroatoms. The number of carbonyl (C=O) groups excluding carboxylic acids is 1. The molecule has 1 atom stereocenters. The molecule has 1 rings (SSSR count). The van der Waals surface area contributed by atoms with Gasteiger partial charge in [0.25, 0.3) is 0 Å². The second-order valence-electron chi connectivity index (χ2n) is 4.66. The summed E-state index contributed by atoms with van der Waals surface area (Å²) in [5, 5.41) is 3.25. The molecule has 0 saturated carbocycles. The molecule has 1 fully saturated rings. The quantitative estimate of drug-likeness (QED) is 0.692. The van der Waals surface area contributed by atoms with Gasteiger partial charge in [0, 0.05) is 18.1 Å². The molecule has 1 N–H and O–H groups in total. The van der Waals surface area contributed by atoms with E-state index in [9.17, 15) is 4.79 Å². The SMILES string of the molecule is COC(=O)N(C1CCNC1)C(C)(C)C. The maximum atomic E-state index is 11.6. The van der Waals surface area contributed by atoms with Gasteiger partial charge in [0.2, 0.25) is 0 Å². The molecule has 0 aromatic carbocycles. The van der Waals surface area contributed by atoms with Gasteiger partial charge in [-0.3, -0.25) is 4.90 Å². The lowest BCUT2D eigenvalue weighted by Gasteiger charge is -2.38. The molecule has 1 aliphatic rings. The van der Waals surface area contributed by atoms with Crippen molar-refractivity contribution in [3.05, 3.63) is 0 Å². The first-order valence-corrected chi connectivity index (χ1v) is 5.05. The van der Waals surface area contributed by atoms with E-state index < -0.39 is 0 Å². The van der Waals surface area contributed by atoms with E-state index in [-0.39, 0.29) is 17.7 Å². The summed E-state index contributed by atoms with van der Waals surface area (Å²) in [6.07, 6.45) is 0.776. The molecule has 0 aromatic heterocycles. The van der Waals surface area contributed by atoms with E-state index in [0.29, 0.717) is 0 Å². The highest BCUT2D eigenvalue weighted by Gasteiger charge is 2.35. The summed E-state index contributed by atoms with van der Waals surface area (Å²) >= 11 is 0. The standard InChI is InChI=1S/C10H20N2O2/c1-10(2,3)12(9(13)14-4)8-5-6-11-7-8/h8,11H,5-7H2,1-4H3. The van der Waals surface area contributed by atoms with Gasteiger partial charge in [-0.05, 0) is 33.7 Å². The number of amides is 1. The normalized spacial score (nSPS) is 22.1. The Morgan fingerprint density at radius 1 is 1.50 bits per heavy atom. The summed E-state index contributed by atoms with van der Waals surface area (Å²) in [4.78, 5) is 13.4. The zero-order valence-electron chi connectivity index (χ0n) is 9.46. The van der Waals surface area contributed by atoms with Crippen molar-refractivity contribution in [3.8, 4) is 0 Å². The number of nitrogens with zero attached hydrogens (tertiary/aromatic N) is 1. The lowest BCUT2D eigenvalue weighted by atomic mass is 10.0. The lowest BCUT2D eigenvalue weighted by Crippen LogP contribution is -2.52. The maximum Gasteiger partial charge on any atom is 0.410 e. The predicted octanol–water partition coefficient (Wildman–Crippen LogP) is 1.22. The van der Waals surface area contributed by atoms with E-state index >= 15 is 0 Å². The first-order chi connectivity index (χ1) is 6.46. The molecule has 0 bridgehead atoms. The molecule has 1 aliphatic heterocycles. The van der Waals surface area contributed by atoms with Gasteiger partial charge in [-0.1, -0.05) is 0 Å². The zero-order chi connectivity index (χ0) is 10.8. The first-order valence-electron chi connectivity index (χ1n) is 5.05. The van der Waals surface area contributed by atoms with Gasteiger partial charge >= 0.3 is 6.09 Å². The van der Waals surface area contributed by atoms with Gasteiger partial charge in [-0.25, -0.2) is 4.79 Å². The molecule has 0 radical (unpaired) electrons. The number of methoxy groups -OCH3 is 1. The number of hydrogen-bond donors (Lipinski definition) is 1. The Bertz CT molecular complexity index is 205. The first kappa shape index (κ1) is 11.3. The van der Waals surface area contributed by atoms with Crippen LogP contribution in [0.25, 0.3) is 0 Å². The summed E-state index contributed by atoms with van der Waals surface area (Å²) in [5.74, 6) is 0. The number of hydrogen-bond acceptors (Lipinski definition) is 3. The molecule has 82 valence electrons. The molecule has 1 unspecified atom stereocenters. The van der Waals surface area contributed by atoms with Crippen molar-refractivity contribution in [2.24, 2.45) is 0 Å². The molecule has 1 heterocycles. The average Bonchev–Trinajstić information content (AvgIpc) is 2.54. The molecule has 4 nitrogen and oxygen atoms in total. The molecular formula is C10H20N2O2. The highest BCUT2D eigenvalue weighted by Crippen LogP contribution is 2.21. The molecule has 14 heavy (non-hydrogen) atoms. The second kappa shape index (κ2) is 4.17. The molecule has 1 amide bonds. The van der Waals surface area contributed by atoms with E-state index in [2.05, 4.69) is 5.32 Å². The lowest BCUT2D eigenvalue weighted by molar-refractivity contribution is 0.0617. The van der Waals surface area contributed by atoms with Crippen molar-refractivity contribution in [2.75, 3.05) is 20.2 Å². The van der Waals surface area contributed by atoms with Gasteiger partial charge in [0.05, 0.1) is 7.11 Å². The Morgan fingerprint density at radius 2 is 2.14 bits per heavy atom. The Hall–Kier alpha value is -0.770. The van der Waals surface area contributed by atoms with Crippen LogP contribution in [-0.4, -0.2) is 42.8 Å². The van der Waals surface area contributed by atoms with Gasteiger partial charge in [-0.15, -0.1) is 0 Å². The van der Waals surface area contributed by atoms with Crippen LogP contribution in [0.5, 0.6) is 0 Å². The van der Waals surface area contributed by atoms with E-state index in [1.54, 1.807) is 0 Å². The van der Waals surface area contributed by atoms with Gasteiger partial charge < -0.3 is 10.1 Å². The summed E-state index contributed by atoms with van der Waals surface area (Å²) in [7, 11) is 1.43. The Kier molecular flexibility index (Phi) is 3.37. The summed E-state index contributed by atoms with van der Waals surface area (Å²) in [6.45, 7) is 7.94. The smallest absolute Gasteiger partial charge is 0.410 e. The van der Waals surface area contributed by atoms with Crippen LogP contribution in [0.1, 0.15) is 27.2 Å². The number of nitrogens with one attached hydrogen (secondary N) is 1. The summed E-state index contributed by atoms with van der Waals surface area (Å²) in [6, 6.07) is 0.266. The Morgan fingerprint density at radius 3 is 2.50 bits per heavy atom. The third-order valence-electron chi connectivity index (χ3n) is 2.49. The Balaban J connectivity index is 2.75. The molecule has 0 aliphatic carbocycles. The third kappa shape index (κ3) is 2.38. The van der Waals surface area contributed by atoms with Crippen molar-refractivity contribution < 1.29 is 9.53 Å². The van der Waals surface area contributed by atoms with Crippen LogP contribution >= 0.6 is 0 Å². The van der Waals surface area contributed by atoms with Crippen LogP contribution in [0.15, 0.2) is 0 Å². The summed E-state index contributed by atoms with van der Waals surface area (Å²) < 4.78 is 4.81. The van der Waals surface area contributed by atoms with E-state index in [1.807, 2.05) is 25.7 Å². The van der Waals surface area contributed by atoms with Crippen LogP contribution < -0.4 is 5.32 Å². The Labute approximate surface area is 85.6 Å². The van der Waals surface area contributed by atoms with Crippen LogP contribution in [0.2, 0.25) is 0 Å². The topological polar surface area (TPSA) is 41.6 Å². The van der Waals surface area contributed by atoms with Crippen molar-refractivity contribution >= 4 is 6.09 Å². The molecule has 0 spiro atoms. The largest absolute Gasteiger partial charge is 0.453 e. The molecule has 1 saturated heterocycles. The van der Waals surface area contributed by atoms with E-state index in [1.165, 1.54) is 7.11 Å². The van der Waals surface area contributed by atoms with Crippen LogP contribution in [0.3, 0.4) is 0 Å². The second-order valence-corrected chi connectivity index (χ2v) is 4.66. The number of carbonyl (C=O) groups is 1. The highest BCUT2D eigenvalue weighted by atomic mass is 16.5. The number of rotatable bonds is 1. The molecule has 0 aromatic rings. The minimum absolute atomic E-state index is 0.177. The monoisotopic (exact) mass is 200 g/mol. The van der Waals surface area contributed by atoms with Gasteiger partial charge in [-0.2, -0.15) is 0 Å². The van der Waals surface area contributed by atoms with Crippen molar-refractivity contribution in [3.63, 3.8) is 0 Å². The van der Waals surface area contributed by atoms with Crippen molar-refractivity contribution in [2.45, 2.75) is 38.8 Å². The van der Waals surface area contributed by atoms with Crippen LogP contribution in [-0.2, 0) is 4.74 Å². The minimum atomic E-state index is -0.230. The number of ether oxygens (including phenoxy) is 1. The maximum absolute atomic E-state index is 11.6. The van der Waals surface area contributed by atoms with Gasteiger partial charge in [0.1, 0.15) is 0 Å². The fourth-order valence-electron chi connectivity index (χ4n) is 1.93. The third-order valence-corrected chi connectivity index (χ3v) is 2.49. The van der Waals surface area contributed by atoms with E-state index in [0.717, 1.165) is 19.5 Å².